The molecule has 1 saturated heterocycles. The van der Waals surface area contributed by atoms with Crippen molar-refractivity contribution in [1.82, 2.24) is 9.78 Å². The fourth-order valence-corrected chi connectivity index (χ4v) is 3.51. The lowest BCUT2D eigenvalue weighted by Gasteiger charge is -2.27. The van der Waals surface area contributed by atoms with E-state index >= 15 is 0 Å². The zero-order valence-electron chi connectivity index (χ0n) is 14.3. The fraction of sp³-hybridized carbons (Fsp3) is 0.529. The van der Waals surface area contributed by atoms with Gasteiger partial charge in [-0.25, -0.2) is 4.57 Å². The summed E-state index contributed by atoms with van der Waals surface area (Å²) in [7, 11) is 0. The second-order valence-corrected chi connectivity index (χ2v) is 6.83. The molecule has 138 valence electrons. The van der Waals surface area contributed by atoms with Crippen molar-refractivity contribution >= 4 is 23.2 Å². The lowest BCUT2D eigenvalue weighted by atomic mass is 10.1. The second kappa shape index (κ2) is 8.82. The topological polar surface area (TPSA) is 40.2 Å². The Kier molecular flexibility index (Phi) is 7.29. The molecule has 1 aromatic heterocycles. The molecule has 1 aromatic carbocycles. The molecular formula is C17H22BrCl2N3O2. The predicted octanol–water partition coefficient (Wildman–Crippen LogP) is 0.570. The van der Waals surface area contributed by atoms with Gasteiger partial charge in [-0.15, -0.1) is 4.68 Å². The molecule has 2 aromatic rings. The number of rotatable bonds is 6. The summed E-state index contributed by atoms with van der Waals surface area (Å²) in [6, 6.07) is 5.39. The van der Waals surface area contributed by atoms with Gasteiger partial charge >= 0.3 is 0 Å². The van der Waals surface area contributed by atoms with Gasteiger partial charge in [0.25, 0.3) is 6.33 Å². The minimum Gasteiger partial charge on any atom is -1.00 e. The van der Waals surface area contributed by atoms with Gasteiger partial charge in [0, 0.05) is 15.7 Å². The standard InChI is InChI=1S/C17H22Cl2N3O2.BrH/c1-3-5-14-9-23-17(24-14,10-22-12-21(4-2)11-20-22)15-7-6-13(18)8-16(15)19;/h6-8,11-12,14H,3-5,9-10H2,1-2H3;1H/q+1;/p-1. The molecule has 0 radical (unpaired) electrons. The lowest BCUT2D eigenvalue weighted by Crippen LogP contribution is -3.00. The van der Waals surface area contributed by atoms with Crippen molar-refractivity contribution in [3.05, 3.63) is 46.5 Å². The number of aryl methyl sites for hydroxylation is 1. The highest BCUT2D eigenvalue weighted by Crippen LogP contribution is 2.41. The van der Waals surface area contributed by atoms with Crippen molar-refractivity contribution in [2.24, 2.45) is 0 Å². The Hall–Kier alpha value is -0.660. The van der Waals surface area contributed by atoms with Crippen molar-refractivity contribution in [1.29, 1.82) is 0 Å². The van der Waals surface area contributed by atoms with Gasteiger partial charge in [0.1, 0.15) is 0 Å². The van der Waals surface area contributed by atoms with Crippen LogP contribution in [-0.2, 0) is 28.4 Å². The first-order valence-corrected chi connectivity index (χ1v) is 9.00. The summed E-state index contributed by atoms with van der Waals surface area (Å²) < 4.78 is 16.3. The first-order chi connectivity index (χ1) is 11.6. The molecule has 2 heterocycles. The molecule has 1 fully saturated rings. The van der Waals surface area contributed by atoms with Gasteiger partial charge in [-0.3, -0.25) is 0 Å². The van der Waals surface area contributed by atoms with E-state index in [9.17, 15) is 0 Å². The Bertz CT molecular complexity index is 713. The zero-order chi connectivity index (χ0) is 17.2. The predicted molar refractivity (Wildman–Crippen MR) is 92.0 cm³/mol. The van der Waals surface area contributed by atoms with Gasteiger partial charge in [0.2, 0.25) is 12.1 Å². The first kappa shape index (κ1) is 20.6. The summed E-state index contributed by atoms with van der Waals surface area (Å²) in [4.78, 5) is 0. The number of halogens is 3. The van der Waals surface area contributed by atoms with E-state index in [0.717, 1.165) is 24.9 Å². The molecular weight excluding hydrogens is 429 g/mol. The van der Waals surface area contributed by atoms with E-state index in [1.165, 1.54) is 0 Å². The maximum atomic E-state index is 6.44. The summed E-state index contributed by atoms with van der Waals surface area (Å²) in [6.07, 6.45) is 5.76. The van der Waals surface area contributed by atoms with Crippen LogP contribution in [0.2, 0.25) is 10.0 Å². The summed E-state index contributed by atoms with van der Waals surface area (Å²) >= 11 is 12.5. The fourth-order valence-electron chi connectivity index (χ4n) is 2.96. The van der Waals surface area contributed by atoms with E-state index in [0.29, 0.717) is 23.2 Å². The van der Waals surface area contributed by atoms with Gasteiger partial charge in [-0.1, -0.05) is 42.6 Å². The number of aromatic nitrogens is 3. The van der Waals surface area contributed by atoms with E-state index in [1.54, 1.807) is 18.5 Å². The second-order valence-electron chi connectivity index (χ2n) is 5.99. The molecule has 1 aliphatic heterocycles. The molecule has 0 aliphatic carbocycles. The number of ether oxygens (including phenoxy) is 2. The van der Waals surface area contributed by atoms with Crippen molar-refractivity contribution in [2.75, 3.05) is 6.61 Å². The van der Waals surface area contributed by atoms with Crippen LogP contribution in [-0.4, -0.2) is 22.5 Å². The highest BCUT2D eigenvalue weighted by atomic mass is 79.9. The van der Waals surface area contributed by atoms with Gasteiger partial charge in [0.15, 0.2) is 6.54 Å². The van der Waals surface area contributed by atoms with Gasteiger partial charge in [0.05, 0.1) is 24.3 Å². The third kappa shape index (κ3) is 4.55. The zero-order valence-corrected chi connectivity index (χ0v) is 17.4. The number of hydrogen-bond donors (Lipinski definition) is 0. The molecule has 0 bridgehead atoms. The minimum atomic E-state index is -0.945. The molecule has 0 amide bonds. The molecule has 2 atom stereocenters. The molecule has 25 heavy (non-hydrogen) atoms. The molecule has 1 aliphatic rings. The molecule has 0 spiro atoms. The number of nitrogens with zero attached hydrogens (tertiary/aromatic N) is 3. The van der Waals surface area contributed by atoms with Crippen molar-refractivity contribution in [3.63, 3.8) is 0 Å². The van der Waals surface area contributed by atoms with E-state index < -0.39 is 5.79 Å². The summed E-state index contributed by atoms with van der Waals surface area (Å²) in [5, 5.41) is 5.51. The van der Waals surface area contributed by atoms with Crippen LogP contribution in [0.3, 0.4) is 0 Å². The van der Waals surface area contributed by atoms with Crippen LogP contribution < -0.4 is 21.5 Å². The van der Waals surface area contributed by atoms with E-state index in [4.69, 9.17) is 32.7 Å². The Morgan fingerprint density at radius 2 is 2.16 bits per heavy atom. The maximum Gasteiger partial charge on any atom is 0.265 e. The van der Waals surface area contributed by atoms with Crippen LogP contribution in [0.25, 0.3) is 0 Å². The molecule has 3 rings (SSSR count). The molecule has 0 saturated carbocycles. The highest BCUT2D eigenvalue weighted by molar-refractivity contribution is 6.35. The van der Waals surface area contributed by atoms with Crippen LogP contribution in [0.5, 0.6) is 0 Å². The van der Waals surface area contributed by atoms with Gasteiger partial charge in [-0.2, -0.15) is 0 Å². The van der Waals surface area contributed by atoms with Crippen LogP contribution in [0.4, 0.5) is 0 Å². The van der Waals surface area contributed by atoms with Crippen LogP contribution >= 0.6 is 23.2 Å². The van der Waals surface area contributed by atoms with Crippen LogP contribution in [0.15, 0.2) is 30.9 Å². The molecule has 0 N–H and O–H groups in total. The average molecular weight is 451 g/mol. The van der Waals surface area contributed by atoms with Gasteiger partial charge in [-0.05, 0) is 25.5 Å². The van der Waals surface area contributed by atoms with Crippen molar-refractivity contribution < 1.29 is 31.0 Å². The maximum absolute atomic E-state index is 6.44. The normalized spacial score (nSPS) is 22.8. The minimum absolute atomic E-state index is 0. The van der Waals surface area contributed by atoms with Crippen LogP contribution in [0.1, 0.15) is 32.3 Å². The first-order valence-electron chi connectivity index (χ1n) is 8.25. The monoisotopic (exact) mass is 449 g/mol. The van der Waals surface area contributed by atoms with E-state index in [1.807, 2.05) is 21.6 Å². The molecule has 5 nitrogen and oxygen atoms in total. The highest BCUT2D eigenvalue weighted by Gasteiger charge is 2.46. The Morgan fingerprint density at radius 3 is 2.80 bits per heavy atom. The summed E-state index contributed by atoms with van der Waals surface area (Å²) in [5.41, 5.74) is 0.783. The Morgan fingerprint density at radius 1 is 1.36 bits per heavy atom. The van der Waals surface area contributed by atoms with Gasteiger partial charge < -0.3 is 26.5 Å². The average Bonchev–Trinajstić information content (AvgIpc) is 3.16. The lowest BCUT2D eigenvalue weighted by molar-refractivity contribution is -0.694. The largest absolute Gasteiger partial charge is 1.00 e. The summed E-state index contributed by atoms with van der Waals surface area (Å²) in [5.74, 6) is -0.945. The quantitative estimate of drug-likeness (QED) is 0.604. The smallest absolute Gasteiger partial charge is 0.265 e. The third-order valence-corrected chi connectivity index (χ3v) is 4.72. The Balaban J connectivity index is 0.00000225. The van der Waals surface area contributed by atoms with Crippen LogP contribution in [0, 0.1) is 0 Å². The molecule has 8 heteroatoms. The van der Waals surface area contributed by atoms with E-state index in [-0.39, 0.29) is 23.1 Å². The van der Waals surface area contributed by atoms with E-state index in [2.05, 4.69) is 18.9 Å². The SMILES string of the molecule is CCCC1COC(Cn2c[n+](CC)cn2)(c2ccc(Cl)cc2Cl)O1.[Br-]. The number of hydrogen-bond acceptors (Lipinski definition) is 3. The van der Waals surface area contributed by atoms with Crippen molar-refractivity contribution in [3.8, 4) is 0 Å². The van der Waals surface area contributed by atoms with Crippen molar-refractivity contribution in [2.45, 2.75) is 51.7 Å². The number of benzene rings is 1. The summed E-state index contributed by atoms with van der Waals surface area (Å²) in [6.45, 7) is 6.03. The molecule has 2 unspecified atom stereocenters. The third-order valence-electron chi connectivity index (χ3n) is 4.18. The Labute approximate surface area is 168 Å².